The number of nitrogens with zero attached hydrogens (tertiary/aromatic N) is 2. The molecule has 0 saturated heterocycles. The first-order chi connectivity index (χ1) is 12.0. The summed E-state index contributed by atoms with van der Waals surface area (Å²) < 4.78 is 12.0. The molecule has 0 aliphatic heterocycles. The van der Waals surface area contributed by atoms with E-state index >= 15 is 0 Å². The minimum atomic E-state index is -0.554. The van der Waals surface area contributed by atoms with E-state index in [2.05, 4.69) is 15.7 Å². The first-order valence-electron chi connectivity index (χ1n) is 8.84. The molecule has 1 aromatic heterocycles. The average molecular weight is 368 g/mol. The van der Waals surface area contributed by atoms with Crippen molar-refractivity contribution in [1.82, 2.24) is 15.1 Å². The summed E-state index contributed by atoms with van der Waals surface area (Å²) in [6.45, 7) is 10.6. The second kappa shape index (κ2) is 9.56. The highest BCUT2D eigenvalue weighted by Gasteiger charge is 2.24. The zero-order valence-corrected chi connectivity index (χ0v) is 16.7. The zero-order chi connectivity index (χ0) is 19.8. The molecule has 148 valence electrons. The van der Waals surface area contributed by atoms with Crippen LogP contribution in [0.1, 0.15) is 53.9 Å². The predicted molar refractivity (Wildman–Crippen MR) is 100 cm³/mol. The number of anilines is 1. The van der Waals surface area contributed by atoms with Crippen molar-refractivity contribution < 1.29 is 19.1 Å². The molecule has 0 spiro atoms. The van der Waals surface area contributed by atoms with Gasteiger partial charge in [0.05, 0.1) is 0 Å². The molecular weight excluding hydrogens is 336 g/mol. The number of aryl methyl sites for hydroxylation is 1. The Kier molecular flexibility index (Phi) is 8.08. The molecule has 2 N–H and O–H groups in total. The molecule has 0 bridgehead atoms. The second-order valence-electron chi connectivity index (χ2n) is 7.86. The lowest BCUT2D eigenvalue weighted by Gasteiger charge is -2.27. The lowest BCUT2D eigenvalue weighted by Crippen LogP contribution is -2.46. The molecule has 1 aromatic rings. The number of hydrogen-bond acceptors (Lipinski definition) is 5. The van der Waals surface area contributed by atoms with Gasteiger partial charge in [0.25, 0.3) is 0 Å². The molecule has 1 rings (SSSR count). The van der Waals surface area contributed by atoms with Crippen molar-refractivity contribution in [2.24, 2.45) is 0 Å². The lowest BCUT2D eigenvalue weighted by atomic mass is 9.98. The Hall–Kier alpha value is -2.09. The van der Waals surface area contributed by atoms with Crippen LogP contribution in [0.5, 0.6) is 0 Å². The number of carbonyl (C=O) groups is 2. The molecule has 8 nitrogen and oxygen atoms in total. The SMILES string of the molecule is COCCCn1ccc(NC(=O)NC(C)(C)CCC(=O)OC(C)(C)C)n1. The summed E-state index contributed by atoms with van der Waals surface area (Å²) in [4.78, 5) is 24.0. The fraction of sp³-hybridized carbons (Fsp3) is 0.722. The Bertz CT molecular complexity index is 590. The van der Waals surface area contributed by atoms with Crippen LogP contribution in [0.3, 0.4) is 0 Å². The van der Waals surface area contributed by atoms with E-state index in [0.717, 1.165) is 13.0 Å². The summed E-state index contributed by atoms with van der Waals surface area (Å²) >= 11 is 0. The van der Waals surface area contributed by atoms with E-state index in [1.807, 2.05) is 34.6 Å². The van der Waals surface area contributed by atoms with Crippen LogP contribution in [0.25, 0.3) is 0 Å². The van der Waals surface area contributed by atoms with Gasteiger partial charge in [-0.15, -0.1) is 0 Å². The molecule has 0 atom stereocenters. The van der Waals surface area contributed by atoms with Gasteiger partial charge < -0.3 is 14.8 Å². The molecule has 0 aliphatic rings. The Morgan fingerprint density at radius 1 is 1.23 bits per heavy atom. The van der Waals surface area contributed by atoms with Gasteiger partial charge >= 0.3 is 12.0 Å². The molecule has 0 radical (unpaired) electrons. The first kappa shape index (κ1) is 22.0. The molecule has 0 aliphatic carbocycles. The van der Waals surface area contributed by atoms with Crippen LogP contribution in [0, 0.1) is 0 Å². The van der Waals surface area contributed by atoms with E-state index in [-0.39, 0.29) is 18.4 Å². The number of amides is 2. The van der Waals surface area contributed by atoms with Gasteiger partial charge in [-0.3, -0.25) is 14.8 Å². The summed E-state index contributed by atoms with van der Waals surface area (Å²) in [7, 11) is 1.66. The fourth-order valence-corrected chi connectivity index (χ4v) is 2.25. The number of aromatic nitrogens is 2. The van der Waals surface area contributed by atoms with Gasteiger partial charge in [0.2, 0.25) is 0 Å². The number of methoxy groups -OCH3 is 1. The molecule has 26 heavy (non-hydrogen) atoms. The molecule has 2 amide bonds. The third-order valence-electron chi connectivity index (χ3n) is 3.44. The summed E-state index contributed by atoms with van der Waals surface area (Å²) in [5.41, 5.74) is -1.06. The minimum Gasteiger partial charge on any atom is -0.460 e. The standard InChI is InChI=1S/C18H32N4O4/c1-17(2,3)26-15(23)8-10-18(4,5)20-16(24)19-14-9-12-22(21-14)11-7-13-25-6/h9,12H,7-8,10-11,13H2,1-6H3,(H2,19,20,21,24). The molecule has 0 saturated carbocycles. The average Bonchev–Trinajstić information content (AvgIpc) is 2.90. The number of esters is 1. The van der Waals surface area contributed by atoms with Crippen molar-refractivity contribution in [3.8, 4) is 0 Å². The molecular formula is C18H32N4O4. The van der Waals surface area contributed by atoms with Crippen molar-refractivity contribution in [1.29, 1.82) is 0 Å². The van der Waals surface area contributed by atoms with Gasteiger partial charge in [0.1, 0.15) is 5.60 Å². The number of ether oxygens (including phenoxy) is 2. The number of rotatable bonds is 9. The highest BCUT2D eigenvalue weighted by molar-refractivity contribution is 5.88. The van der Waals surface area contributed by atoms with Gasteiger partial charge in [0.15, 0.2) is 5.82 Å². The van der Waals surface area contributed by atoms with Crippen molar-refractivity contribution in [3.05, 3.63) is 12.3 Å². The van der Waals surface area contributed by atoms with E-state index in [0.29, 0.717) is 18.8 Å². The largest absolute Gasteiger partial charge is 0.460 e. The van der Waals surface area contributed by atoms with Crippen molar-refractivity contribution in [2.75, 3.05) is 19.0 Å². The lowest BCUT2D eigenvalue weighted by molar-refractivity contribution is -0.155. The zero-order valence-electron chi connectivity index (χ0n) is 16.7. The quantitative estimate of drug-likeness (QED) is 0.516. The molecule has 0 unspecified atom stereocenters. The molecule has 0 aromatic carbocycles. The maximum atomic E-state index is 12.2. The van der Waals surface area contributed by atoms with Gasteiger partial charge in [0, 0.05) is 44.5 Å². The van der Waals surface area contributed by atoms with E-state index < -0.39 is 11.1 Å². The number of urea groups is 1. The Morgan fingerprint density at radius 3 is 2.54 bits per heavy atom. The van der Waals surface area contributed by atoms with Crippen LogP contribution >= 0.6 is 0 Å². The van der Waals surface area contributed by atoms with E-state index in [4.69, 9.17) is 9.47 Å². The highest BCUT2D eigenvalue weighted by atomic mass is 16.6. The summed E-state index contributed by atoms with van der Waals surface area (Å²) in [6.07, 6.45) is 3.36. The highest BCUT2D eigenvalue weighted by Crippen LogP contribution is 2.15. The summed E-state index contributed by atoms with van der Waals surface area (Å²) in [5, 5.41) is 9.84. The van der Waals surface area contributed by atoms with E-state index in [1.165, 1.54) is 0 Å². The summed E-state index contributed by atoms with van der Waals surface area (Å²) in [5.74, 6) is 0.199. The maximum Gasteiger partial charge on any atom is 0.320 e. The smallest absolute Gasteiger partial charge is 0.320 e. The monoisotopic (exact) mass is 368 g/mol. The Morgan fingerprint density at radius 2 is 1.92 bits per heavy atom. The van der Waals surface area contributed by atoms with Crippen molar-refractivity contribution in [3.63, 3.8) is 0 Å². The molecule has 8 heteroatoms. The van der Waals surface area contributed by atoms with Gasteiger partial charge in [-0.1, -0.05) is 0 Å². The van der Waals surface area contributed by atoms with Gasteiger partial charge in [-0.25, -0.2) is 4.79 Å². The van der Waals surface area contributed by atoms with Crippen LogP contribution < -0.4 is 10.6 Å². The number of nitrogens with one attached hydrogen (secondary N) is 2. The van der Waals surface area contributed by atoms with Crippen LogP contribution in [-0.4, -0.2) is 46.6 Å². The second-order valence-corrected chi connectivity index (χ2v) is 7.86. The Labute approximate surface area is 155 Å². The van der Waals surface area contributed by atoms with Crippen LogP contribution in [0.2, 0.25) is 0 Å². The summed E-state index contributed by atoms with van der Waals surface area (Å²) in [6, 6.07) is 1.38. The Balaban J connectivity index is 2.42. The van der Waals surface area contributed by atoms with Crippen molar-refractivity contribution in [2.45, 2.75) is 71.6 Å². The molecule has 0 fully saturated rings. The topological polar surface area (TPSA) is 94.5 Å². The van der Waals surface area contributed by atoms with Crippen molar-refractivity contribution >= 4 is 17.8 Å². The molecule has 1 heterocycles. The van der Waals surface area contributed by atoms with Gasteiger partial charge in [-0.2, -0.15) is 5.10 Å². The number of hydrogen-bond donors (Lipinski definition) is 2. The van der Waals surface area contributed by atoms with Gasteiger partial charge in [-0.05, 0) is 47.5 Å². The number of carbonyl (C=O) groups excluding carboxylic acids is 2. The minimum absolute atomic E-state index is 0.235. The maximum absolute atomic E-state index is 12.2. The fourth-order valence-electron chi connectivity index (χ4n) is 2.25. The van der Waals surface area contributed by atoms with Crippen LogP contribution in [0.15, 0.2) is 12.3 Å². The third kappa shape index (κ3) is 9.41. The predicted octanol–water partition coefficient (Wildman–Crippen LogP) is 2.94. The van der Waals surface area contributed by atoms with Crippen LogP contribution in [-0.2, 0) is 20.8 Å². The first-order valence-corrected chi connectivity index (χ1v) is 8.84. The van der Waals surface area contributed by atoms with E-state index in [9.17, 15) is 9.59 Å². The van der Waals surface area contributed by atoms with E-state index in [1.54, 1.807) is 24.1 Å². The third-order valence-corrected chi connectivity index (χ3v) is 3.44. The van der Waals surface area contributed by atoms with Crippen LogP contribution in [0.4, 0.5) is 10.6 Å². The normalized spacial score (nSPS) is 11.9.